The lowest BCUT2D eigenvalue weighted by molar-refractivity contribution is 0.543. The first-order valence-electron chi connectivity index (χ1n) is 5.13. The van der Waals surface area contributed by atoms with Crippen molar-refractivity contribution in [1.82, 2.24) is 4.98 Å². The van der Waals surface area contributed by atoms with Crippen molar-refractivity contribution in [2.45, 2.75) is 19.9 Å². The van der Waals surface area contributed by atoms with Gasteiger partial charge in [-0.3, -0.25) is 9.98 Å². The Labute approximate surface area is 94.4 Å². The van der Waals surface area contributed by atoms with E-state index in [2.05, 4.69) is 29.1 Å². The molecule has 4 heteroatoms. The van der Waals surface area contributed by atoms with Crippen LogP contribution in [-0.4, -0.2) is 21.9 Å². The predicted octanol–water partition coefficient (Wildman–Crippen LogP) is 2.62. The zero-order valence-electron chi connectivity index (χ0n) is 8.97. The molecule has 0 aromatic carbocycles. The van der Waals surface area contributed by atoms with Crippen LogP contribution in [0.15, 0.2) is 29.5 Å². The summed E-state index contributed by atoms with van der Waals surface area (Å²) in [6.45, 7) is 4.42. The minimum atomic E-state index is 0.453. The average Bonchev–Trinajstić information content (AvgIpc) is 2.68. The van der Waals surface area contributed by atoms with Crippen LogP contribution in [-0.2, 0) is 0 Å². The van der Waals surface area contributed by atoms with Crippen LogP contribution in [0.4, 0.5) is 5.69 Å². The predicted molar refractivity (Wildman–Crippen MR) is 66.4 cm³/mol. The van der Waals surface area contributed by atoms with E-state index in [4.69, 9.17) is 0 Å². The second kappa shape index (κ2) is 4.66. The second-order valence-electron chi connectivity index (χ2n) is 3.92. The first kappa shape index (κ1) is 10.5. The number of aromatic nitrogens is 1. The van der Waals surface area contributed by atoms with Crippen molar-refractivity contribution in [3.05, 3.63) is 24.5 Å². The van der Waals surface area contributed by atoms with Crippen LogP contribution < -0.4 is 5.32 Å². The van der Waals surface area contributed by atoms with Crippen LogP contribution in [0, 0.1) is 5.92 Å². The fraction of sp³-hybridized carbons (Fsp3) is 0.455. The SMILES string of the molecule is CC(C)C1CSC(Nc2cccnc2)=N1. The normalized spacial score (nSPS) is 20.5. The van der Waals surface area contributed by atoms with Crippen molar-refractivity contribution < 1.29 is 0 Å². The maximum atomic E-state index is 4.62. The minimum absolute atomic E-state index is 0.453. The summed E-state index contributed by atoms with van der Waals surface area (Å²) in [5.74, 6) is 1.70. The average molecular weight is 221 g/mol. The van der Waals surface area contributed by atoms with Crippen molar-refractivity contribution in [3.63, 3.8) is 0 Å². The van der Waals surface area contributed by atoms with Gasteiger partial charge in [0.05, 0.1) is 17.9 Å². The molecule has 0 saturated heterocycles. The molecule has 2 rings (SSSR count). The van der Waals surface area contributed by atoms with Gasteiger partial charge >= 0.3 is 0 Å². The fourth-order valence-electron chi connectivity index (χ4n) is 1.36. The van der Waals surface area contributed by atoms with Gasteiger partial charge in [-0.15, -0.1) is 0 Å². The van der Waals surface area contributed by atoms with Crippen LogP contribution in [0.3, 0.4) is 0 Å². The lowest BCUT2D eigenvalue weighted by Gasteiger charge is -2.07. The van der Waals surface area contributed by atoms with E-state index < -0.39 is 0 Å². The third-order valence-electron chi connectivity index (χ3n) is 2.36. The summed E-state index contributed by atoms with van der Waals surface area (Å²) in [7, 11) is 0. The summed E-state index contributed by atoms with van der Waals surface area (Å²) < 4.78 is 0. The van der Waals surface area contributed by atoms with Gasteiger partial charge in [-0.25, -0.2) is 0 Å². The molecule has 1 aromatic rings. The largest absolute Gasteiger partial charge is 0.334 e. The third kappa shape index (κ3) is 2.72. The number of rotatable bonds is 2. The Bertz CT molecular complexity index is 348. The number of thioether (sulfide) groups is 1. The first-order valence-corrected chi connectivity index (χ1v) is 6.12. The number of nitrogens with zero attached hydrogens (tertiary/aromatic N) is 2. The van der Waals surface area contributed by atoms with Crippen LogP contribution >= 0.6 is 11.8 Å². The maximum absolute atomic E-state index is 4.62. The quantitative estimate of drug-likeness (QED) is 0.834. The van der Waals surface area contributed by atoms with Gasteiger partial charge in [0.25, 0.3) is 0 Å². The van der Waals surface area contributed by atoms with Gasteiger partial charge in [-0.2, -0.15) is 0 Å². The molecule has 1 atom stereocenters. The Morgan fingerprint density at radius 1 is 1.53 bits per heavy atom. The highest BCUT2D eigenvalue weighted by atomic mass is 32.2. The van der Waals surface area contributed by atoms with E-state index in [0.29, 0.717) is 12.0 Å². The molecule has 80 valence electrons. The van der Waals surface area contributed by atoms with Crippen LogP contribution in [0.25, 0.3) is 0 Å². The van der Waals surface area contributed by atoms with E-state index in [1.807, 2.05) is 18.3 Å². The molecule has 2 heterocycles. The summed E-state index contributed by atoms with van der Waals surface area (Å²) in [6.07, 6.45) is 3.58. The molecule has 1 N–H and O–H groups in total. The van der Waals surface area contributed by atoms with Gasteiger partial charge < -0.3 is 5.32 Å². The van der Waals surface area contributed by atoms with Crippen molar-refractivity contribution >= 4 is 22.6 Å². The van der Waals surface area contributed by atoms with Gasteiger partial charge in [0, 0.05) is 11.9 Å². The van der Waals surface area contributed by atoms with E-state index in [1.54, 1.807) is 18.0 Å². The highest BCUT2D eigenvalue weighted by molar-refractivity contribution is 8.14. The Kier molecular flexibility index (Phi) is 3.26. The molecule has 0 saturated carbocycles. The van der Waals surface area contributed by atoms with Gasteiger partial charge in [0.2, 0.25) is 0 Å². The molecular formula is C11H15N3S. The highest BCUT2D eigenvalue weighted by Crippen LogP contribution is 2.23. The minimum Gasteiger partial charge on any atom is -0.334 e. The molecular weight excluding hydrogens is 206 g/mol. The molecule has 1 unspecified atom stereocenters. The number of aliphatic imine (C=N–C) groups is 1. The highest BCUT2D eigenvalue weighted by Gasteiger charge is 2.20. The van der Waals surface area contributed by atoms with E-state index in [-0.39, 0.29) is 0 Å². The fourth-order valence-corrected chi connectivity index (χ4v) is 2.55. The van der Waals surface area contributed by atoms with Crippen LogP contribution in [0.1, 0.15) is 13.8 Å². The van der Waals surface area contributed by atoms with Crippen molar-refractivity contribution in [2.24, 2.45) is 10.9 Å². The second-order valence-corrected chi connectivity index (χ2v) is 4.93. The molecule has 1 aliphatic rings. The number of hydrogen-bond acceptors (Lipinski definition) is 4. The van der Waals surface area contributed by atoms with Gasteiger partial charge in [0.15, 0.2) is 5.17 Å². The van der Waals surface area contributed by atoms with Crippen molar-refractivity contribution in [2.75, 3.05) is 11.1 Å². The smallest absolute Gasteiger partial charge is 0.161 e. The number of amidine groups is 1. The lowest BCUT2D eigenvalue weighted by atomic mass is 10.1. The summed E-state index contributed by atoms with van der Waals surface area (Å²) in [5.41, 5.74) is 1.01. The molecule has 15 heavy (non-hydrogen) atoms. The summed E-state index contributed by atoms with van der Waals surface area (Å²) in [4.78, 5) is 8.68. The molecule has 0 fully saturated rings. The van der Waals surface area contributed by atoms with E-state index in [9.17, 15) is 0 Å². The number of hydrogen-bond donors (Lipinski definition) is 1. The molecule has 0 aliphatic carbocycles. The van der Waals surface area contributed by atoms with Crippen molar-refractivity contribution in [3.8, 4) is 0 Å². The van der Waals surface area contributed by atoms with Gasteiger partial charge in [0.1, 0.15) is 0 Å². The molecule has 1 aliphatic heterocycles. The van der Waals surface area contributed by atoms with Crippen LogP contribution in [0.2, 0.25) is 0 Å². The topological polar surface area (TPSA) is 37.3 Å². The number of pyridine rings is 1. The molecule has 0 amide bonds. The van der Waals surface area contributed by atoms with E-state index in [1.165, 1.54) is 0 Å². The Balaban J connectivity index is 2.00. The van der Waals surface area contributed by atoms with E-state index in [0.717, 1.165) is 16.6 Å². The maximum Gasteiger partial charge on any atom is 0.161 e. The zero-order chi connectivity index (χ0) is 10.7. The molecule has 0 spiro atoms. The zero-order valence-corrected chi connectivity index (χ0v) is 9.79. The molecule has 0 bridgehead atoms. The third-order valence-corrected chi connectivity index (χ3v) is 3.35. The first-order chi connectivity index (χ1) is 7.25. The van der Waals surface area contributed by atoms with Crippen molar-refractivity contribution in [1.29, 1.82) is 0 Å². The summed E-state index contributed by atoms with van der Waals surface area (Å²) in [6, 6.07) is 4.37. The lowest BCUT2D eigenvalue weighted by Crippen LogP contribution is -2.12. The van der Waals surface area contributed by atoms with Gasteiger partial charge in [-0.1, -0.05) is 25.6 Å². The Hall–Kier alpha value is -1.03. The summed E-state index contributed by atoms with van der Waals surface area (Å²) >= 11 is 1.78. The number of nitrogens with one attached hydrogen (secondary N) is 1. The molecule has 3 nitrogen and oxygen atoms in total. The molecule has 1 aromatic heterocycles. The standard InChI is InChI=1S/C11H15N3S/c1-8(2)10-7-15-11(14-10)13-9-4-3-5-12-6-9/h3-6,8,10H,7H2,1-2H3,(H,13,14). The molecule has 0 radical (unpaired) electrons. The number of anilines is 1. The van der Waals surface area contributed by atoms with E-state index >= 15 is 0 Å². The monoisotopic (exact) mass is 221 g/mol. The van der Waals surface area contributed by atoms with Crippen LogP contribution in [0.5, 0.6) is 0 Å². The van der Waals surface area contributed by atoms with Gasteiger partial charge in [-0.05, 0) is 18.1 Å². The summed E-state index contributed by atoms with van der Waals surface area (Å²) in [5, 5.41) is 4.29. The Morgan fingerprint density at radius 3 is 3.00 bits per heavy atom. The Morgan fingerprint density at radius 2 is 2.40 bits per heavy atom.